The summed E-state index contributed by atoms with van der Waals surface area (Å²) >= 11 is 0. The summed E-state index contributed by atoms with van der Waals surface area (Å²) < 4.78 is 11.6. The summed E-state index contributed by atoms with van der Waals surface area (Å²) in [7, 11) is 0. The van der Waals surface area contributed by atoms with E-state index in [9.17, 15) is 24.3 Å². The molecular formula is C59H95NO7. The molecule has 0 aromatic carbocycles. The van der Waals surface area contributed by atoms with E-state index < -0.39 is 27.9 Å². The van der Waals surface area contributed by atoms with Crippen LogP contribution >= 0.6 is 0 Å². The molecule has 3 saturated carbocycles. The van der Waals surface area contributed by atoms with Crippen LogP contribution in [0, 0.1) is 34.0 Å². The molecule has 4 aliphatic carbocycles. The van der Waals surface area contributed by atoms with Gasteiger partial charge in [0.15, 0.2) is 11.6 Å². The van der Waals surface area contributed by atoms with E-state index in [1.165, 1.54) is 64.2 Å². The van der Waals surface area contributed by atoms with Gasteiger partial charge >= 0.3 is 11.9 Å². The predicted octanol–water partition coefficient (Wildman–Crippen LogP) is 14.1. The maximum Gasteiger partial charge on any atom is 0.306 e. The minimum absolute atomic E-state index is 0.0137. The van der Waals surface area contributed by atoms with Crippen LogP contribution in [-0.2, 0) is 28.7 Å². The van der Waals surface area contributed by atoms with Crippen molar-refractivity contribution in [2.45, 2.75) is 245 Å². The molecule has 9 atom stereocenters. The molecule has 8 nitrogen and oxygen atoms in total. The number of aliphatic hydroxyl groups is 1. The molecule has 0 radical (unpaired) electrons. The first-order valence-corrected chi connectivity index (χ1v) is 27.4. The van der Waals surface area contributed by atoms with E-state index in [1.807, 2.05) is 6.08 Å². The molecule has 0 spiro atoms. The third kappa shape index (κ3) is 15.7. The largest absolute Gasteiger partial charge is 0.462 e. The van der Waals surface area contributed by atoms with Crippen LogP contribution in [0.1, 0.15) is 228 Å². The second-order valence-corrected chi connectivity index (χ2v) is 22.0. The zero-order valence-electron chi connectivity index (χ0n) is 43.3. The fraction of sp³-hybridized carbons (Fsp3) is 0.763. The Kier molecular flexibility index (Phi) is 24.1. The minimum Gasteiger partial charge on any atom is -0.462 e. The Hall–Kier alpha value is -3.10. The number of hydrogen-bond acceptors (Lipinski definition) is 8. The number of nitrogens with two attached hydrogens (primary N) is 1. The zero-order chi connectivity index (χ0) is 48.8. The van der Waals surface area contributed by atoms with Gasteiger partial charge in [0.25, 0.3) is 0 Å². The summed E-state index contributed by atoms with van der Waals surface area (Å²) in [5.41, 5.74) is 6.33. The number of ether oxygens (including phenoxy) is 2. The van der Waals surface area contributed by atoms with Gasteiger partial charge in [-0.25, -0.2) is 0 Å². The van der Waals surface area contributed by atoms with E-state index in [0.29, 0.717) is 32.1 Å². The lowest BCUT2D eigenvalue weighted by Crippen LogP contribution is -2.74. The van der Waals surface area contributed by atoms with Crippen LogP contribution in [0.25, 0.3) is 0 Å². The molecular weight excluding hydrogens is 835 g/mol. The van der Waals surface area contributed by atoms with Crippen molar-refractivity contribution in [1.82, 2.24) is 0 Å². The van der Waals surface area contributed by atoms with Gasteiger partial charge in [-0.3, -0.25) is 19.2 Å². The number of unbranched alkanes of at least 4 members (excludes halogenated alkanes) is 16. The van der Waals surface area contributed by atoms with Crippen molar-refractivity contribution in [3.05, 3.63) is 60.3 Å². The molecule has 3 fully saturated rings. The number of carbonyl (C=O) groups excluding carboxylic acids is 4. The van der Waals surface area contributed by atoms with Crippen LogP contribution in [0.5, 0.6) is 0 Å². The van der Waals surface area contributed by atoms with E-state index in [1.54, 1.807) is 12.2 Å². The quantitative estimate of drug-likeness (QED) is 0.0378. The molecule has 0 bridgehead atoms. The van der Waals surface area contributed by atoms with Crippen LogP contribution in [0.2, 0.25) is 0 Å². The van der Waals surface area contributed by atoms with Crippen LogP contribution in [-0.4, -0.2) is 53.0 Å². The second-order valence-electron chi connectivity index (χ2n) is 22.0. The Morgan fingerprint density at radius 1 is 0.761 bits per heavy atom. The second kappa shape index (κ2) is 28.5. The Morgan fingerprint density at radius 3 is 1.99 bits per heavy atom. The molecule has 4 rings (SSSR count). The van der Waals surface area contributed by atoms with Crippen molar-refractivity contribution in [1.29, 1.82) is 0 Å². The fourth-order valence-electron chi connectivity index (χ4n) is 13.1. The molecule has 0 saturated heterocycles. The average Bonchev–Trinajstić information content (AvgIpc) is 3.50. The van der Waals surface area contributed by atoms with Gasteiger partial charge in [-0.15, -0.1) is 0 Å². The molecule has 4 aliphatic rings. The molecule has 0 heterocycles. The smallest absolute Gasteiger partial charge is 0.306 e. The van der Waals surface area contributed by atoms with Crippen molar-refractivity contribution in [3.63, 3.8) is 0 Å². The molecule has 8 unspecified atom stereocenters. The number of carbonyl (C=O) groups is 4. The number of ketones is 2. The third-order valence-electron chi connectivity index (χ3n) is 17.0. The highest BCUT2D eigenvalue weighted by Gasteiger charge is 2.74. The van der Waals surface area contributed by atoms with Crippen LogP contribution in [0.3, 0.4) is 0 Å². The van der Waals surface area contributed by atoms with Crippen molar-refractivity contribution in [2.75, 3.05) is 6.61 Å². The number of fused-ring (bicyclic) bond motifs is 5. The molecule has 0 aliphatic heterocycles. The van der Waals surface area contributed by atoms with Crippen molar-refractivity contribution < 1.29 is 33.8 Å². The maximum atomic E-state index is 14.0. The predicted molar refractivity (Wildman–Crippen MR) is 274 cm³/mol. The van der Waals surface area contributed by atoms with E-state index >= 15 is 0 Å². The van der Waals surface area contributed by atoms with Crippen molar-refractivity contribution >= 4 is 23.5 Å². The minimum atomic E-state index is -0.737. The summed E-state index contributed by atoms with van der Waals surface area (Å²) in [5.74, 6) is -1.08. The van der Waals surface area contributed by atoms with Crippen LogP contribution in [0.15, 0.2) is 60.3 Å². The summed E-state index contributed by atoms with van der Waals surface area (Å²) in [6.07, 6.45) is 46.6. The van der Waals surface area contributed by atoms with Crippen molar-refractivity contribution in [3.8, 4) is 0 Å². The SMILES string of the molecule is CCCCC/C=C\C/C=C\CCCCCCCC(=O)OC(C/C=C\CCCCCCCC(=O)OCC(=O)C1[C@H](C)CC2(C)C1(C)CC(O)C1C3(C)C=CC(=O)C=C3CCC12N)CCCCCC. The van der Waals surface area contributed by atoms with Gasteiger partial charge in [-0.1, -0.05) is 160 Å². The van der Waals surface area contributed by atoms with Crippen LogP contribution < -0.4 is 5.73 Å². The van der Waals surface area contributed by atoms with Gasteiger partial charge in [0.1, 0.15) is 12.7 Å². The lowest BCUT2D eigenvalue weighted by Gasteiger charge is -2.68. The van der Waals surface area contributed by atoms with Crippen molar-refractivity contribution in [2.24, 2.45) is 39.7 Å². The maximum absolute atomic E-state index is 14.0. The highest BCUT2D eigenvalue weighted by atomic mass is 16.5. The molecule has 8 heteroatoms. The first-order chi connectivity index (χ1) is 32.2. The normalized spacial score (nSPS) is 29.6. The van der Waals surface area contributed by atoms with Gasteiger partial charge in [0.2, 0.25) is 0 Å². The molecule has 0 aromatic heterocycles. The monoisotopic (exact) mass is 930 g/mol. The Morgan fingerprint density at radius 2 is 1.33 bits per heavy atom. The van der Waals surface area contributed by atoms with Gasteiger partial charge in [0.05, 0.1) is 6.10 Å². The summed E-state index contributed by atoms with van der Waals surface area (Å²) in [6, 6.07) is 0. The summed E-state index contributed by atoms with van der Waals surface area (Å²) in [4.78, 5) is 51.9. The van der Waals surface area contributed by atoms with E-state index in [0.717, 1.165) is 95.5 Å². The molecule has 0 amide bonds. The van der Waals surface area contributed by atoms with Gasteiger partial charge in [-0.2, -0.15) is 0 Å². The number of esters is 2. The topological polar surface area (TPSA) is 133 Å². The molecule has 67 heavy (non-hydrogen) atoms. The van der Waals surface area contributed by atoms with Gasteiger partial charge < -0.3 is 20.3 Å². The number of Topliss-reactive ketones (excluding diaryl/α,β-unsaturated/α-hetero) is 1. The van der Waals surface area contributed by atoms with Crippen LogP contribution in [0.4, 0.5) is 0 Å². The lowest BCUT2D eigenvalue weighted by atomic mass is 9.38. The highest BCUT2D eigenvalue weighted by Crippen LogP contribution is 2.73. The van der Waals surface area contributed by atoms with E-state index in [-0.39, 0.29) is 54.0 Å². The summed E-state index contributed by atoms with van der Waals surface area (Å²) in [5, 5.41) is 11.9. The molecule has 0 aromatic rings. The summed E-state index contributed by atoms with van der Waals surface area (Å²) in [6.45, 7) is 12.8. The highest BCUT2D eigenvalue weighted by molar-refractivity contribution is 6.01. The first kappa shape index (κ1) is 56.5. The fourth-order valence-corrected chi connectivity index (χ4v) is 13.1. The van der Waals surface area contributed by atoms with Gasteiger partial charge in [0, 0.05) is 42.1 Å². The standard InChI is InChI=1S/C59H95NO7/c1-7-9-11-13-14-15-16-17-18-19-20-21-26-29-33-37-53(65)67-49(34-30-12-10-8-2)35-31-27-24-22-23-25-28-32-36-52(64)66-45-51(63)54-46(3)43-58(6)57(54,5)44-50(62)55-56(4)40-39-48(61)42-47(56)38-41-59(55,58)60/h14-15,17-18,27,31,39-40,42,46,49-50,54-55,62H,7-13,16,19-26,28-30,32-38,41,43-45,60H2,1-6H3/b15-14-,18-17-,31-27-/t46-,49?,50?,54?,55?,56?,57?,58?,59?/m1/s1. The average molecular weight is 930 g/mol. The number of hydrogen-bond donors (Lipinski definition) is 2. The van der Waals surface area contributed by atoms with E-state index in [4.69, 9.17) is 15.2 Å². The van der Waals surface area contributed by atoms with Gasteiger partial charge in [-0.05, 0) is 125 Å². The zero-order valence-corrected chi connectivity index (χ0v) is 43.3. The Balaban J connectivity index is 1.07. The molecule has 3 N–H and O–H groups in total. The van der Waals surface area contributed by atoms with E-state index in [2.05, 4.69) is 78.0 Å². The first-order valence-electron chi connectivity index (χ1n) is 27.4. The Labute approximate surface area is 407 Å². The number of rotatable bonds is 33. The number of allylic oxidation sites excluding steroid dienone is 9. The molecule has 378 valence electrons. The number of aliphatic hydroxyl groups excluding tert-OH is 1. The Bertz CT molecular complexity index is 1710. The third-order valence-corrected chi connectivity index (χ3v) is 17.0. The lowest BCUT2D eigenvalue weighted by molar-refractivity contribution is -0.179.